The topological polar surface area (TPSA) is 70.1 Å². The summed E-state index contributed by atoms with van der Waals surface area (Å²) in [7, 11) is 3.76. The number of ketones is 1. The van der Waals surface area contributed by atoms with Gasteiger partial charge < -0.3 is 19.6 Å². The monoisotopic (exact) mass is 426 g/mol. The predicted octanol–water partition coefficient (Wildman–Crippen LogP) is 3.60. The number of rotatable bonds is 8. The summed E-state index contributed by atoms with van der Waals surface area (Å²) in [4.78, 5) is 29.2. The van der Waals surface area contributed by atoms with Crippen molar-refractivity contribution in [1.29, 1.82) is 0 Å². The van der Waals surface area contributed by atoms with Gasteiger partial charge in [0.05, 0.1) is 18.2 Å². The van der Waals surface area contributed by atoms with Crippen LogP contribution < -0.4 is 4.74 Å². The zero-order valence-electron chi connectivity index (χ0n) is 18.0. The maximum atomic E-state index is 13.3. The van der Waals surface area contributed by atoms with Crippen LogP contribution in [0, 0.1) is 5.82 Å². The molecule has 1 saturated heterocycles. The molecular formula is C24H27FN2O4. The maximum Gasteiger partial charge on any atom is 0.295 e. The van der Waals surface area contributed by atoms with Crippen LogP contribution in [0.15, 0.2) is 54.1 Å². The first kappa shape index (κ1) is 22.5. The van der Waals surface area contributed by atoms with Crippen LogP contribution in [0.3, 0.4) is 0 Å². The number of amides is 1. The SMILES string of the molecule is CCCOc1cccc(C2/C(=C(/O)c3ccc(F)cc3)C(=O)C(=O)N2CCN(C)C)c1. The van der Waals surface area contributed by atoms with Crippen LogP contribution in [0.25, 0.3) is 5.76 Å². The number of Topliss-reactive ketones (excluding diaryl/α,β-unsaturated/α-hetero) is 1. The van der Waals surface area contributed by atoms with Crippen molar-refractivity contribution >= 4 is 17.4 Å². The van der Waals surface area contributed by atoms with Gasteiger partial charge in [-0.2, -0.15) is 0 Å². The summed E-state index contributed by atoms with van der Waals surface area (Å²) < 4.78 is 19.1. The van der Waals surface area contributed by atoms with Crippen LogP contribution in [0.5, 0.6) is 5.75 Å². The van der Waals surface area contributed by atoms with Gasteiger partial charge in [0.2, 0.25) is 0 Å². The lowest BCUT2D eigenvalue weighted by Gasteiger charge is -2.27. The fraction of sp³-hybridized carbons (Fsp3) is 0.333. The van der Waals surface area contributed by atoms with Crippen LogP contribution in [-0.2, 0) is 9.59 Å². The number of aliphatic hydroxyl groups excluding tert-OH is 1. The van der Waals surface area contributed by atoms with Crippen molar-refractivity contribution in [3.05, 3.63) is 71.0 Å². The number of halogens is 1. The predicted molar refractivity (Wildman–Crippen MR) is 116 cm³/mol. The molecule has 0 saturated carbocycles. The van der Waals surface area contributed by atoms with E-state index in [4.69, 9.17) is 4.74 Å². The number of carbonyl (C=O) groups is 2. The van der Waals surface area contributed by atoms with E-state index >= 15 is 0 Å². The van der Waals surface area contributed by atoms with Crippen molar-refractivity contribution in [2.45, 2.75) is 19.4 Å². The molecule has 1 fully saturated rings. The van der Waals surface area contributed by atoms with Gasteiger partial charge in [0, 0.05) is 18.7 Å². The van der Waals surface area contributed by atoms with Crippen LogP contribution in [-0.4, -0.2) is 60.4 Å². The first-order valence-corrected chi connectivity index (χ1v) is 10.2. The molecule has 1 aliphatic rings. The molecule has 1 heterocycles. The fourth-order valence-corrected chi connectivity index (χ4v) is 3.52. The summed E-state index contributed by atoms with van der Waals surface area (Å²) in [6.45, 7) is 3.40. The van der Waals surface area contributed by atoms with Crippen LogP contribution >= 0.6 is 0 Å². The Morgan fingerprint density at radius 2 is 1.87 bits per heavy atom. The van der Waals surface area contributed by atoms with Crippen molar-refractivity contribution in [3.8, 4) is 5.75 Å². The zero-order chi connectivity index (χ0) is 22.5. The number of likely N-dealkylation sites (tertiary alicyclic amines) is 1. The van der Waals surface area contributed by atoms with Gasteiger partial charge >= 0.3 is 0 Å². The highest BCUT2D eigenvalue weighted by Crippen LogP contribution is 2.40. The van der Waals surface area contributed by atoms with E-state index in [2.05, 4.69) is 0 Å². The van der Waals surface area contributed by atoms with Crippen LogP contribution in [0.2, 0.25) is 0 Å². The second-order valence-electron chi connectivity index (χ2n) is 7.72. The Kier molecular flexibility index (Phi) is 7.07. The normalized spacial score (nSPS) is 18.1. The summed E-state index contributed by atoms with van der Waals surface area (Å²) in [6, 6.07) is 11.6. The van der Waals surface area contributed by atoms with Crippen molar-refractivity contribution in [3.63, 3.8) is 0 Å². The Balaban J connectivity index is 2.11. The Hall–Kier alpha value is -3.19. The smallest absolute Gasteiger partial charge is 0.295 e. The third-order valence-corrected chi connectivity index (χ3v) is 5.09. The molecular weight excluding hydrogens is 399 g/mol. The Bertz CT molecular complexity index is 985. The van der Waals surface area contributed by atoms with Crippen molar-refractivity contribution in [2.24, 2.45) is 0 Å². The molecule has 0 aromatic heterocycles. The molecule has 31 heavy (non-hydrogen) atoms. The molecule has 164 valence electrons. The number of ether oxygens (including phenoxy) is 1. The molecule has 0 aliphatic carbocycles. The zero-order valence-corrected chi connectivity index (χ0v) is 18.0. The minimum atomic E-state index is -0.768. The van der Waals surface area contributed by atoms with E-state index in [1.54, 1.807) is 18.2 Å². The third kappa shape index (κ3) is 4.94. The van der Waals surface area contributed by atoms with Crippen molar-refractivity contribution in [1.82, 2.24) is 9.80 Å². The highest BCUT2D eigenvalue weighted by Gasteiger charge is 2.46. The number of benzene rings is 2. The summed E-state index contributed by atoms with van der Waals surface area (Å²) in [5.41, 5.74) is 0.925. The lowest BCUT2D eigenvalue weighted by molar-refractivity contribution is -0.140. The first-order valence-electron chi connectivity index (χ1n) is 10.2. The summed E-state index contributed by atoms with van der Waals surface area (Å²) in [5, 5.41) is 11.0. The Labute approximate surface area is 181 Å². The minimum Gasteiger partial charge on any atom is -0.507 e. The second-order valence-corrected chi connectivity index (χ2v) is 7.72. The van der Waals surface area contributed by atoms with Crippen LogP contribution in [0.1, 0.15) is 30.5 Å². The van der Waals surface area contributed by atoms with Gasteiger partial charge in [-0.3, -0.25) is 9.59 Å². The van der Waals surface area contributed by atoms with E-state index in [-0.39, 0.29) is 16.9 Å². The lowest BCUT2D eigenvalue weighted by Crippen LogP contribution is -2.35. The van der Waals surface area contributed by atoms with E-state index in [0.29, 0.717) is 31.0 Å². The lowest BCUT2D eigenvalue weighted by atomic mass is 9.95. The average Bonchev–Trinajstić information content (AvgIpc) is 3.01. The number of likely N-dealkylation sites (N-methyl/N-ethyl adjacent to an activating group) is 1. The van der Waals surface area contributed by atoms with Crippen molar-refractivity contribution in [2.75, 3.05) is 33.8 Å². The summed E-state index contributed by atoms with van der Waals surface area (Å²) >= 11 is 0. The van der Waals surface area contributed by atoms with E-state index < -0.39 is 23.5 Å². The molecule has 6 nitrogen and oxygen atoms in total. The third-order valence-electron chi connectivity index (χ3n) is 5.09. The summed E-state index contributed by atoms with van der Waals surface area (Å²) in [6.07, 6.45) is 0.843. The number of hydrogen-bond acceptors (Lipinski definition) is 5. The largest absolute Gasteiger partial charge is 0.507 e. The highest BCUT2D eigenvalue weighted by molar-refractivity contribution is 6.46. The molecule has 1 amide bonds. The molecule has 1 N–H and O–H groups in total. The van der Waals surface area contributed by atoms with E-state index in [1.165, 1.54) is 29.2 Å². The molecule has 2 aromatic rings. The standard InChI is InChI=1S/C24H27FN2O4/c1-4-14-31-19-7-5-6-17(15-19)21-20(22(28)16-8-10-18(25)11-9-16)23(29)24(30)27(21)13-12-26(2)3/h5-11,15,21,28H,4,12-14H2,1-3H3/b22-20-. The Morgan fingerprint density at radius 1 is 1.16 bits per heavy atom. The molecule has 3 rings (SSSR count). The van der Waals surface area contributed by atoms with E-state index in [0.717, 1.165) is 6.42 Å². The maximum absolute atomic E-state index is 13.3. The number of nitrogens with zero attached hydrogens (tertiary/aromatic N) is 2. The number of hydrogen-bond donors (Lipinski definition) is 1. The van der Waals surface area contributed by atoms with Gasteiger partial charge in [0.15, 0.2) is 0 Å². The molecule has 0 spiro atoms. The Morgan fingerprint density at radius 3 is 2.52 bits per heavy atom. The molecule has 0 bridgehead atoms. The van der Waals surface area contributed by atoms with Gasteiger partial charge in [-0.1, -0.05) is 19.1 Å². The quantitative estimate of drug-likeness (QED) is 0.397. The minimum absolute atomic E-state index is 0.0111. The van der Waals surface area contributed by atoms with Gasteiger partial charge in [0.25, 0.3) is 11.7 Å². The molecule has 2 aromatic carbocycles. The van der Waals surface area contributed by atoms with Crippen molar-refractivity contribution < 1.29 is 23.8 Å². The fourth-order valence-electron chi connectivity index (χ4n) is 3.52. The second kappa shape index (κ2) is 9.75. The first-order chi connectivity index (χ1) is 14.8. The van der Waals surface area contributed by atoms with Gasteiger partial charge in [-0.25, -0.2) is 4.39 Å². The average molecular weight is 426 g/mol. The molecule has 1 aliphatic heterocycles. The van der Waals surface area contributed by atoms with E-state index in [1.807, 2.05) is 32.0 Å². The molecule has 1 atom stereocenters. The summed E-state index contributed by atoms with van der Waals surface area (Å²) in [5.74, 6) is -1.59. The van der Waals surface area contributed by atoms with E-state index in [9.17, 15) is 19.1 Å². The molecule has 0 radical (unpaired) electrons. The van der Waals surface area contributed by atoms with Gasteiger partial charge in [-0.05, 0) is 62.5 Å². The van der Waals surface area contributed by atoms with Gasteiger partial charge in [0.1, 0.15) is 17.3 Å². The number of aliphatic hydroxyl groups is 1. The molecule has 1 unspecified atom stereocenters. The number of carbonyl (C=O) groups excluding carboxylic acids is 2. The molecule has 7 heteroatoms. The van der Waals surface area contributed by atoms with Crippen LogP contribution in [0.4, 0.5) is 4.39 Å². The van der Waals surface area contributed by atoms with Gasteiger partial charge in [-0.15, -0.1) is 0 Å². The highest BCUT2D eigenvalue weighted by atomic mass is 19.1.